The number of urea groups is 1. The number of methoxy groups -OCH3 is 1. The molecule has 4 aliphatic rings. The van der Waals surface area contributed by atoms with Crippen LogP contribution in [0.5, 0.6) is 0 Å². The number of unbranched alkanes of at least 4 members (excludes halogenated alkanes) is 2. The van der Waals surface area contributed by atoms with Crippen LogP contribution in [0.15, 0.2) is 72.4 Å². The molecule has 12 atom stereocenters. The summed E-state index contributed by atoms with van der Waals surface area (Å²) in [7, 11) is 1.50. The highest BCUT2D eigenvalue weighted by atomic mass is 16.6. The Labute approximate surface area is 511 Å². The molecule has 1 aromatic carbocycles. The van der Waals surface area contributed by atoms with Crippen molar-refractivity contribution in [2.24, 2.45) is 29.4 Å². The van der Waals surface area contributed by atoms with E-state index in [0.717, 1.165) is 16.9 Å². The molecule has 2 fully saturated rings. The maximum Gasteiger partial charge on any atom is 0.410 e. The first kappa shape index (κ1) is 70.6. The summed E-state index contributed by atoms with van der Waals surface area (Å²) in [6.45, 7) is 16.0. The number of ether oxygens (including phenoxy) is 5. The molecule has 4 aliphatic heterocycles. The molecule has 0 aliphatic carbocycles. The van der Waals surface area contributed by atoms with Crippen molar-refractivity contribution in [3.63, 3.8) is 0 Å². The Morgan fingerprint density at radius 1 is 0.897 bits per heavy atom. The average Bonchev–Trinajstić information content (AvgIpc) is 2.92. The van der Waals surface area contributed by atoms with Crippen molar-refractivity contribution >= 4 is 59.4 Å². The second-order valence-corrected chi connectivity index (χ2v) is 23.8. The minimum absolute atomic E-state index is 0.0456. The molecule has 8 N–H and O–H groups in total. The van der Waals surface area contributed by atoms with E-state index in [0.29, 0.717) is 43.4 Å². The van der Waals surface area contributed by atoms with Crippen LogP contribution in [0.25, 0.3) is 0 Å². The van der Waals surface area contributed by atoms with Crippen LogP contribution in [-0.2, 0) is 59.1 Å². The maximum absolute atomic E-state index is 13.9. The molecule has 482 valence electrons. The zero-order valence-electron chi connectivity index (χ0n) is 52.0. The second-order valence-electron chi connectivity index (χ2n) is 23.8. The number of anilines is 1. The molecular formula is C63H94N8O16. The number of primary amides is 1. The predicted molar refractivity (Wildman–Crippen MR) is 323 cm³/mol. The summed E-state index contributed by atoms with van der Waals surface area (Å²) < 4.78 is 29.7. The van der Waals surface area contributed by atoms with Crippen LogP contribution < -0.4 is 27.0 Å². The van der Waals surface area contributed by atoms with Crippen LogP contribution in [-0.4, -0.2) is 179 Å². The number of carbonyl (C=O) groups excluding carboxylic acids is 9. The van der Waals surface area contributed by atoms with Crippen LogP contribution in [0.4, 0.5) is 20.1 Å². The Morgan fingerprint density at radius 3 is 2.20 bits per heavy atom. The summed E-state index contributed by atoms with van der Waals surface area (Å²) in [5, 5.41) is 32.0. The Hall–Kier alpha value is -7.15. The molecule has 3 unspecified atom stereocenters. The number of aliphatic hydroxyl groups is 2. The van der Waals surface area contributed by atoms with Crippen LogP contribution in [0.2, 0.25) is 0 Å². The SMILES string of the molecule is CC[C@H](O)[C@@H](C)[C@@H]1O[C@H]1CC(C)/C=C/C=C(\C)[C@H]1OC(=O)C[C@H](O)CC[C@@](C)(OC)[C@@H](OC(=O)N2CCN(C(=O)OCc3ccc(NC(=O)C(NC(=O)C(CCCNC(N)=O)NC(=O)CCCCCN4C(=O)C=CC4=O)C(C)C)cc3)CC2)/C=C/[C@@H]1C. The number of nitrogens with one attached hydrogen (secondary N) is 4. The number of nitrogens with two attached hydrogens (primary N) is 1. The number of allylic oxidation sites excluding steroid dienone is 3. The smallest absolute Gasteiger partial charge is 0.410 e. The third-order valence-electron chi connectivity index (χ3n) is 16.4. The van der Waals surface area contributed by atoms with Crippen molar-refractivity contribution in [1.29, 1.82) is 0 Å². The molecule has 2 saturated heterocycles. The summed E-state index contributed by atoms with van der Waals surface area (Å²) in [5.41, 5.74) is 5.90. The summed E-state index contributed by atoms with van der Waals surface area (Å²) >= 11 is 0. The highest BCUT2D eigenvalue weighted by Crippen LogP contribution is 2.37. The second kappa shape index (κ2) is 34.4. The van der Waals surface area contributed by atoms with E-state index in [4.69, 9.17) is 29.4 Å². The maximum atomic E-state index is 13.9. The van der Waals surface area contributed by atoms with E-state index in [2.05, 4.69) is 34.3 Å². The van der Waals surface area contributed by atoms with Crippen molar-refractivity contribution < 1.29 is 77.0 Å². The molecule has 9 amide bonds. The lowest BCUT2D eigenvalue weighted by atomic mass is 9.88. The molecule has 0 aromatic heterocycles. The average molecular weight is 1220 g/mol. The van der Waals surface area contributed by atoms with Gasteiger partial charge in [0, 0.05) is 82.5 Å². The van der Waals surface area contributed by atoms with E-state index in [1.165, 1.54) is 29.1 Å². The fourth-order valence-corrected chi connectivity index (χ4v) is 10.6. The van der Waals surface area contributed by atoms with Gasteiger partial charge in [-0.2, -0.15) is 0 Å². The Bertz CT molecular complexity index is 2620. The van der Waals surface area contributed by atoms with Crippen LogP contribution in [0.1, 0.15) is 132 Å². The van der Waals surface area contributed by atoms with Gasteiger partial charge in [0.15, 0.2) is 6.10 Å². The number of benzene rings is 1. The van der Waals surface area contributed by atoms with E-state index in [-0.39, 0.29) is 126 Å². The molecule has 5 rings (SSSR count). The van der Waals surface area contributed by atoms with Crippen LogP contribution in [0.3, 0.4) is 0 Å². The number of hydrogen-bond donors (Lipinski definition) is 7. The number of rotatable bonds is 28. The van der Waals surface area contributed by atoms with Gasteiger partial charge in [0.1, 0.15) is 30.4 Å². The number of epoxide rings is 1. The molecule has 0 radical (unpaired) electrons. The van der Waals surface area contributed by atoms with Gasteiger partial charge in [-0.3, -0.25) is 33.7 Å². The highest BCUT2D eigenvalue weighted by molar-refractivity contribution is 6.12. The van der Waals surface area contributed by atoms with Gasteiger partial charge in [-0.1, -0.05) is 84.4 Å². The standard InChI is InChI=1S/C63H94N8O16/c1-10-48(73)43(7)57-49(85-57)36-40(4)16-14-17-41(5)56-42(6)20-25-50(63(8,83-9)29-28-46(72)37-54(77)87-56)86-62(82)70-34-32-69(33-35-70)61(81)84-38-44-21-23-45(24-22-44)66-59(79)55(39(2)3)68-58(78)47(18-15-30-65-60(64)80)67-51(74)19-12-11-13-31-71-52(75)26-27-53(71)76/h14,16-17,20-27,39-40,42-43,46-50,55-57,72-73H,10-13,15,18-19,28-38H2,1-9H3,(H,66,79)(H,67,74)(H,68,78)(H3,64,65,80)/b16-14+,25-20+,41-17+/t40?,42-,43+,46+,47?,48-,49-,50-,55?,56+,57-,63+/m0/s1. The van der Waals surface area contributed by atoms with Crippen molar-refractivity contribution in [3.8, 4) is 0 Å². The van der Waals surface area contributed by atoms with Crippen molar-refractivity contribution in [2.75, 3.05) is 51.7 Å². The number of esters is 1. The number of carbonyl (C=O) groups is 9. The fraction of sp³-hybridized carbons (Fsp3) is 0.635. The van der Waals surface area contributed by atoms with Gasteiger partial charge in [0.25, 0.3) is 11.8 Å². The van der Waals surface area contributed by atoms with E-state index >= 15 is 0 Å². The van der Waals surface area contributed by atoms with E-state index < -0.39 is 84.0 Å². The molecule has 87 heavy (non-hydrogen) atoms. The molecule has 0 bridgehead atoms. The van der Waals surface area contributed by atoms with E-state index in [1.807, 2.05) is 45.9 Å². The molecule has 0 saturated carbocycles. The number of amides is 9. The van der Waals surface area contributed by atoms with Crippen molar-refractivity contribution in [1.82, 2.24) is 30.7 Å². The van der Waals surface area contributed by atoms with Crippen molar-refractivity contribution in [3.05, 3.63) is 77.9 Å². The summed E-state index contributed by atoms with van der Waals surface area (Å²) in [4.78, 5) is 120. The summed E-state index contributed by atoms with van der Waals surface area (Å²) in [6.07, 6.45) is 11.4. The number of imide groups is 1. The monoisotopic (exact) mass is 1220 g/mol. The number of cyclic esters (lactones) is 1. The normalized spacial score (nSPS) is 24.9. The molecular weight excluding hydrogens is 1120 g/mol. The predicted octanol–water partition coefficient (Wildman–Crippen LogP) is 5.70. The lowest BCUT2D eigenvalue weighted by Gasteiger charge is -2.38. The number of aliphatic hydroxyl groups excluding tert-OH is 2. The largest absolute Gasteiger partial charge is 0.457 e. The summed E-state index contributed by atoms with van der Waals surface area (Å²) in [6, 6.07) is 3.80. The number of hydrogen-bond acceptors (Lipinski definition) is 16. The van der Waals surface area contributed by atoms with Gasteiger partial charge in [-0.25, -0.2) is 14.4 Å². The Kier molecular flexibility index (Phi) is 27.9. The van der Waals surface area contributed by atoms with Gasteiger partial charge in [0.2, 0.25) is 17.7 Å². The minimum Gasteiger partial charge on any atom is -0.457 e. The fourth-order valence-electron chi connectivity index (χ4n) is 10.6. The lowest BCUT2D eigenvalue weighted by Crippen LogP contribution is -2.54. The number of piperazine rings is 1. The van der Waals surface area contributed by atoms with Gasteiger partial charge in [0.05, 0.1) is 30.8 Å². The van der Waals surface area contributed by atoms with Crippen molar-refractivity contribution in [2.45, 2.75) is 187 Å². The van der Waals surface area contributed by atoms with E-state index in [9.17, 15) is 53.4 Å². The first-order valence-electron chi connectivity index (χ1n) is 30.6. The zero-order chi connectivity index (χ0) is 64.0. The molecule has 4 heterocycles. The van der Waals surface area contributed by atoms with Gasteiger partial charge < -0.3 is 70.7 Å². The minimum atomic E-state index is -1.10. The zero-order valence-corrected chi connectivity index (χ0v) is 52.0. The molecule has 24 heteroatoms. The third-order valence-corrected chi connectivity index (χ3v) is 16.4. The third kappa shape index (κ3) is 22.5. The number of nitrogens with zero attached hydrogens (tertiary/aromatic N) is 3. The molecule has 24 nitrogen and oxygen atoms in total. The van der Waals surface area contributed by atoms with Gasteiger partial charge in [-0.05, 0) is 106 Å². The highest BCUT2D eigenvalue weighted by Gasteiger charge is 2.45. The Balaban J connectivity index is 1.10. The first-order chi connectivity index (χ1) is 41.3. The van der Waals surface area contributed by atoms with Gasteiger partial charge >= 0.3 is 24.2 Å². The molecule has 0 spiro atoms. The Morgan fingerprint density at radius 2 is 1.56 bits per heavy atom. The summed E-state index contributed by atoms with van der Waals surface area (Å²) in [5.74, 6) is -3.33. The lowest BCUT2D eigenvalue weighted by molar-refractivity contribution is -0.151. The van der Waals surface area contributed by atoms with Crippen LogP contribution in [0, 0.1) is 23.7 Å². The van der Waals surface area contributed by atoms with Crippen LogP contribution >= 0.6 is 0 Å². The topological polar surface area (TPSA) is 327 Å². The molecule has 1 aromatic rings. The van der Waals surface area contributed by atoms with E-state index in [1.54, 1.807) is 51.1 Å². The quantitative estimate of drug-likeness (QED) is 0.0101. The van der Waals surface area contributed by atoms with Gasteiger partial charge in [-0.15, -0.1) is 0 Å². The first-order valence-corrected chi connectivity index (χ1v) is 30.6.